The predicted molar refractivity (Wildman–Crippen MR) is 80.8 cm³/mol. The Labute approximate surface area is 124 Å². The number of carbonyl (C=O) groups is 1. The van der Waals surface area contributed by atoms with Gasteiger partial charge < -0.3 is 10.6 Å². The van der Waals surface area contributed by atoms with Crippen LogP contribution in [0.25, 0.3) is 0 Å². The minimum Gasteiger partial charge on any atom is -0.347 e. The Hall–Kier alpha value is -0.770. The topological polar surface area (TPSA) is 41.1 Å². The summed E-state index contributed by atoms with van der Waals surface area (Å²) in [5, 5.41) is 7.04. The van der Waals surface area contributed by atoms with E-state index in [9.17, 15) is 4.79 Å². The Morgan fingerprint density at radius 2 is 1.95 bits per heavy atom. The van der Waals surface area contributed by atoms with Gasteiger partial charge >= 0.3 is 0 Å². The fraction of sp³-hybridized carbons (Fsp3) is 0.500. The second-order valence-electron chi connectivity index (χ2n) is 5.01. The molecule has 0 atom stereocenters. The van der Waals surface area contributed by atoms with Crippen LogP contribution in [0.2, 0.25) is 10.0 Å². The smallest absolute Gasteiger partial charge is 0.220 e. The van der Waals surface area contributed by atoms with E-state index < -0.39 is 5.54 Å². The van der Waals surface area contributed by atoms with Crippen molar-refractivity contribution in [3.05, 3.63) is 33.8 Å². The molecule has 5 heteroatoms. The van der Waals surface area contributed by atoms with Crippen molar-refractivity contribution < 1.29 is 4.79 Å². The van der Waals surface area contributed by atoms with Crippen LogP contribution in [-0.4, -0.2) is 19.5 Å². The summed E-state index contributed by atoms with van der Waals surface area (Å²) in [5.74, 6) is 0.0336. The lowest BCUT2D eigenvalue weighted by molar-refractivity contribution is -0.122. The Bertz CT molecular complexity index is 447. The first-order valence-corrected chi connectivity index (χ1v) is 7.03. The summed E-state index contributed by atoms with van der Waals surface area (Å²) in [5.41, 5.74) is 0.467. The summed E-state index contributed by atoms with van der Waals surface area (Å²) < 4.78 is 0. The van der Waals surface area contributed by atoms with E-state index in [1.165, 1.54) is 0 Å². The molecule has 2 N–H and O–H groups in total. The van der Waals surface area contributed by atoms with Gasteiger partial charge in [-0.3, -0.25) is 4.79 Å². The molecule has 0 spiro atoms. The molecule has 0 heterocycles. The van der Waals surface area contributed by atoms with Crippen molar-refractivity contribution in [1.29, 1.82) is 0 Å². The lowest BCUT2D eigenvalue weighted by atomic mass is 9.94. The fourth-order valence-corrected chi connectivity index (χ4v) is 2.09. The normalized spacial score (nSPS) is 11.4. The van der Waals surface area contributed by atoms with E-state index in [2.05, 4.69) is 10.6 Å². The van der Waals surface area contributed by atoms with Crippen molar-refractivity contribution in [2.75, 3.05) is 13.6 Å². The Balaban J connectivity index is 2.69. The number of carbonyl (C=O) groups excluding carboxylic acids is 1. The van der Waals surface area contributed by atoms with Gasteiger partial charge in [-0.25, -0.2) is 0 Å². The van der Waals surface area contributed by atoms with Crippen molar-refractivity contribution in [2.24, 2.45) is 0 Å². The van der Waals surface area contributed by atoms with Gasteiger partial charge in [-0.2, -0.15) is 0 Å². The molecule has 1 rings (SSSR count). The molecule has 1 aromatic carbocycles. The van der Waals surface area contributed by atoms with Crippen LogP contribution in [0.15, 0.2) is 18.2 Å². The van der Waals surface area contributed by atoms with E-state index in [0.29, 0.717) is 16.5 Å². The average molecular weight is 303 g/mol. The molecule has 0 saturated heterocycles. The van der Waals surface area contributed by atoms with Crippen LogP contribution in [-0.2, 0) is 10.3 Å². The second kappa shape index (κ2) is 7.13. The highest BCUT2D eigenvalue weighted by molar-refractivity contribution is 6.42. The van der Waals surface area contributed by atoms with Gasteiger partial charge in [0.2, 0.25) is 5.91 Å². The van der Waals surface area contributed by atoms with Crippen LogP contribution < -0.4 is 10.6 Å². The van der Waals surface area contributed by atoms with E-state index in [1.807, 2.05) is 27.0 Å². The molecule has 0 fully saturated rings. The molecule has 0 aliphatic heterocycles. The fourth-order valence-electron chi connectivity index (χ4n) is 1.79. The van der Waals surface area contributed by atoms with Gasteiger partial charge in [0.1, 0.15) is 0 Å². The summed E-state index contributed by atoms with van der Waals surface area (Å²) in [6.45, 7) is 4.73. The van der Waals surface area contributed by atoms with Gasteiger partial charge in [-0.1, -0.05) is 29.3 Å². The molecule has 1 aromatic rings. The number of hydrogen-bond donors (Lipinski definition) is 2. The standard InChI is InChI=1S/C14H20Cl2N2O/c1-14(2,18-13(19)5-4-8-17-3)10-6-7-11(15)12(16)9-10/h6-7,9,17H,4-5,8H2,1-3H3,(H,18,19). The SMILES string of the molecule is CNCCCC(=O)NC(C)(C)c1ccc(Cl)c(Cl)c1. The van der Waals surface area contributed by atoms with Crippen LogP contribution in [0, 0.1) is 0 Å². The van der Waals surface area contributed by atoms with E-state index in [1.54, 1.807) is 12.1 Å². The molecule has 0 unspecified atom stereocenters. The first kappa shape index (κ1) is 16.3. The van der Waals surface area contributed by atoms with E-state index in [-0.39, 0.29) is 5.91 Å². The molecule has 0 aliphatic rings. The van der Waals surface area contributed by atoms with Crippen molar-refractivity contribution in [2.45, 2.75) is 32.2 Å². The zero-order chi connectivity index (χ0) is 14.5. The second-order valence-corrected chi connectivity index (χ2v) is 5.82. The van der Waals surface area contributed by atoms with Gasteiger partial charge in [0.05, 0.1) is 15.6 Å². The molecule has 0 aliphatic carbocycles. The Morgan fingerprint density at radius 3 is 2.53 bits per heavy atom. The zero-order valence-corrected chi connectivity index (χ0v) is 13.0. The molecule has 0 bridgehead atoms. The minimum absolute atomic E-state index is 0.0336. The molecule has 0 saturated carbocycles. The van der Waals surface area contributed by atoms with E-state index in [4.69, 9.17) is 23.2 Å². The summed E-state index contributed by atoms with van der Waals surface area (Å²) >= 11 is 11.9. The molecular formula is C14H20Cl2N2O. The van der Waals surface area contributed by atoms with Gasteiger partial charge in [-0.05, 0) is 51.6 Å². The number of amides is 1. The maximum absolute atomic E-state index is 11.9. The van der Waals surface area contributed by atoms with Gasteiger partial charge in [0.15, 0.2) is 0 Å². The van der Waals surface area contributed by atoms with Crippen LogP contribution in [0.5, 0.6) is 0 Å². The predicted octanol–water partition coefficient (Wildman–Crippen LogP) is 3.34. The van der Waals surface area contributed by atoms with Gasteiger partial charge in [0, 0.05) is 6.42 Å². The van der Waals surface area contributed by atoms with Crippen molar-refractivity contribution in [3.63, 3.8) is 0 Å². The first-order valence-electron chi connectivity index (χ1n) is 6.28. The Morgan fingerprint density at radius 1 is 1.26 bits per heavy atom. The molecule has 1 amide bonds. The van der Waals surface area contributed by atoms with Crippen molar-refractivity contribution in [3.8, 4) is 0 Å². The number of benzene rings is 1. The lowest BCUT2D eigenvalue weighted by Gasteiger charge is -2.27. The largest absolute Gasteiger partial charge is 0.347 e. The quantitative estimate of drug-likeness (QED) is 0.791. The zero-order valence-electron chi connectivity index (χ0n) is 11.5. The van der Waals surface area contributed by atoms with E-state index in [0.717, 1.165) is 18.5 Å². The third kappa shape index (κ3) is 5.01. The van der Waals surface area contributed by atoms with Gasteiger partial charge in [-0.15, -0.1) is 0 Å². The van der Waals surface area contributed by atoms with Crippen LogP contribution in [0.4, 0.5) is 0 Å². The molecule has 3 nitrogen and oxygen atoms in total. The first-order chi connectivity index (χ1) is 8.86. The van der Waals surface area contributed by atoms with Crippen molar-refractivity contribution >= 4 is 29.1 Å². The summed E-state index contributed by atoms with van der Waals surface area (Å²) in [7, 11) is 1.87. The number of nitrogens with one attached hydrogen (secondary N) is 2. The minimum atomic E-state index is -0.467. The Kier molecular flexibility index (Phi) is 6.11. The number of hydrogen-bond acceptors (Lipinski definition) is 2. The highest BCUT2D eigenvalue weighted by Crippen LogP contribution is 2.28. The molecule has 106 valence electrons. The molecule has 0 radical (unpaired) electrons. The third-order valence-corrected chi connectivity index (χ3v) is 3.66. The van der Waals surface area contributed by atoms with Crippen molar-refractivity contribution in [1.82, 2.24) is 10.6 Å². The van der Waals surface area contributed by atoms with E-state index >= 15 is 0 Å². The van der Waals surface area contributed by atoms with Crippen LogP contribution in [0.3, 0.4) is 0 Å². The third-order valence-electron chi connectivity index (χ3n) is 2.92. The number of rotatable bonds is 6. The maximum atomic E-state index is 11.9. The lowest BCUT2D eigenvalue weighted by Crippen LogP contribution is -2.41. The molecule has 0 aromatic heterocycles. The van der Waals surface area contributed by atoms with Gasteiger partial charge in [0.25, 0.3) is 0 Å². The maximum Gasteiger partial charge on any atom is 0.220 e. The molecule has 19 heavy (non-hydrogen) atoms. The van der Waals surface area contributed by atoms with Crippen LogP contribution in [0.1, 0.15) is 32.3 Å². The monoisotopic (exact) mass is 302 g/mol. The highest BCUT2D eigenvalue weighted by atomic mass is 35.5. The summed E-state index contributed by atoms with van der Waals surface area (Å²) in [4.78, 5) is 11.9. The highest BCUT2D eigenvalue weighted by Gasteiger charge is 2.23. The van der Waals surface area contributed by atoms with Crippen LogP contribution >= 0.6 is 23.2 Å². The average Bonchev–Trinajstić information content (AvgIpc) is 2.32. The summed E-state index contributed by atoms with van der Waals surface area (Å²) in [6, 6.07) is 5.41. The summed E-state index contributed by atoms with van der Waals surface area (Å²) in [6.07, 6.45) is 1.32. The molecular weight excluding hydrogens is 283 g/mol. The number of halogens is 2.